The van der Waals surface area contributed by atoms with E-state index in [2.05, 4.69) is 10.2 Å². The van der Waals surface area contributed by atoms with Crippen LogP contribution < -0.4 is 5.32 Å². The average Bonchev–Trinajstić information content (AvgIpc) is 2.45. The summed E-state index contributed by atoms with van der Waals surface area (Å²) in [5.74, 6) is -0.160. The molecule has 5 nitrogen and oxygen atoms in total. The van der Waals surface area contributed by atoms with Gasteiger partial charge in [0, 0.05) is 18.7 Å². The van der Waals surface area contributed by atoms with E-state index < -0.39 is 0 Å². The van der Waals surface area contributed by atoms with E-state index in [4.69, 9.17) is 4.74 Å². The van der Waals surface area contributed by atoms with Gasteiger partial charge in [-0.15, -0.1) is 0 Å². The van der Waals surface area contributed by atoms with Crippen LogP contribution in [0.5, 0.6) is 0 Å². The van der Waals surface area contributed by atoms with Gasteiger partial charge in [0.25, 0.3) is 0 Å². The quantitative estimate of drug-likeness (QED) is 0.867. The van der Waals surface area contributed by atoms with Crippen molar-refractivity contribution in [1.82, 2.24) is 4.90 Å². The number of hydrogen-bond acceptors (Lipinski definition) is 4. The Kier molecular flexibility index (Phi) is 5.32. The third-order valence-electron chi connectivity index (χ3n) is 3.94. The van der Waals surface area contributed by atoms with Crippen molar-refractivity contribution in [1.29, 1.82) is 0 Å². The summed E-state index contributed by atoms with van der Waals surface area (Å²) < 4.78 is 5.70. The van der Waals surface area contributed by atoms with E-state index in [0.717, 1.165) is 13.1 Å². The Morgan fingerprint density at radius 1 is 1.23 bits per heavy atom. The molecule has 5 heteroatoms. The van der Waals surface area contributed by atoms with E-state index in [0.29, 0.717) is 11.3 Å². The van der Waals surface area contributed by atoms with Gasteiger partial charge in [-0.2, -0.15) is 0 Å². The molecule has 0 aliphatic carbocycles. The smallest absolute Gasteiger partial charge is 0.241 e. The lowest BCUT2D eigenvalue weighted by Crippen LogP contribution is -2.52. The number of nitrogens with zero attached hydrogens (tertiary/aromatic N) is 1. The molecule has 0 unspecified atom stereocenters. The minimum atomic E-state index is -0.270. The number of carbonyl (C=O) groups excluding carboxylic acids is 2. The van der Waals surface area contributed by atoms with Crippen molar-refractivity contribution in [3.63, 3.8) is 0 Å². The molecule has 1 amide bonds. The third-order valence-corrected chi connectivity index (χ3v) is 3.94. The van der Waals surface area contributed by atoms with Crippen LogP contribution >= 0.6 is 0 Å². The Morgan fingerprint density at radius 2 is 1.82 bits per heavy atom. The van der Waals surface area contributed by atoms with Gasteiger partial charge in [-0.1, -0.05) is 12.1 Å². The Morgan fingerprint density at radius 3 is 2.41 bits per heavy atom. The zero-order valence-corrected chi connectivity index (χ0v) is 13.6. The minimum absolute atomic E-state index is 0.0582. The number of amides is 1. The largest absolute Gasteiger partial charge is 0.373 e. The molecule has 0 bridgehead atoms. The Hall–Kier alpha value is -1.72. The zero-order chi connectivity index (χ0) is 16.3. The van der Waals surface area contributed by atoms with Gasteiger partial charge in [0.05, 0.1) is 23.9 Å². The number of morpholine rings is 1. The summed E-state index contributed by atoms with van der Waals surface area (Å²) in [6.45, 7) is 8.87. The number of anilines is 1. The van der Waals surface area contributed by atoms with E-state index in [1.807, 2.05) is 26.8 Å². The SMILES string of the molecule is CC(=O)c1ccccc1NC(=O)[C@H](C)N1C[C@H](C)O[C@@H](C)C1. The van der Waals surface area contributed by atoms with Gasteiger partial charge in [-0.25, -0.2) is 0 Å². The predicted molar refractivity (Wildman–Crippen MR) is 86.1 cm³/mol. The molecule has 1 aliphatic rings. The second kappa shape index (κ2) is 7.03. The average molecular weight is 304 g/mol. The highest BCUT2D eigenvalue weighted by Gasteiger charge is 2.29. The Balaban J connectivity index is 2.07. The number of para-hydroxylation sites is 1. The maximum Gasteiger partial charge on any atom is 0.241 e. The van der Waals surface area contributed by atoms with Crippen LogP contribution in [0.15, 0.2) is 24.3 Å². The highest BCUT2D eigenvalue weighted by molar-refractivity contribution is 6.04. The standard InChI is InChI=1S/C17H24N2O3/c1-11-9-19(10-12(2)22-11)13(3)17(21)18-16-8-6-5-7-15(16)14(4)20/h5-8,11-13H,9-10H2,1-4H3,(H,18,21)/t11-,12-,13-/m0/s1. The van der Waals surface area contributed by atoms with Crippen LogP contribution in [0.3, 0.4) is 0 Å². The molecule has 2 rings (SSSR count). The number of ketones is 1. The fourth-order valence-electron chi connectivity index (χ4n) is 2.84. The summed E-state index contributed by atoms with van der Waals surface area (Å²) in [6, 6.07) is 6.81. The molecule has 120 valence electrons. The molecule has 1 heterocycles. The summed E-state index contributed by atoms with van der Waals surface area (Å²) in [7, 11) is 0. The lowest BCUT2D eigenvalue weighted by molar-refractivity contribution is -0.126. The van der Waals surface area contributed by atoms with Gasteiger partial charge in [0.2, 0.25) is 5.91 Å². The molecular formula is C17H24N2O3. The topological polar surface area (TPSA) is 58.6 Å². The minimum Gasteiger partial charge on any atom is -0.373 e. The number of hydrogen-bond donors (Lipinski definition) is 1. The highest BCUT2D eigenvalue weighted by atomic mass is 16.5. The molecule has 0 spiro atoms. The molecule has 0 aromatic heterocycles. The maximum atomic E-state index is 12.5. The van der Waals surface area contributed by atoms with Crippen LogP contribution in [-0.4, -0.2) is 47.9 Å². The number of nitrogens with one attached hydrogen (secondary N) is 1. The van der Waals surface area contributed by atoms with E-state index in [1.165, 1.54) is 6.92 Å². The van der Waals surface area contributed by atoms with E-state index in [9.17, 15) is 9.59 Å². The molecule has 1 aromatic carbocycles. The summed E-state index contributed by atoms with van der Waals surface area (Å²) >= 11 is 0. The first-order valence-electron chi connectivity index (χ1n) is 7.68. The fourth-order valence-corrected chi connectivity index (χ4v) is 2.84. The summed E-state index contributed by atoms with van der Waals surface area (Å²) in [6.07, 6.45) is 0.229. The molecule has 1 aliphatic heterocycles. The lowest BCUT2D eigenvalue weighted by atomic mass is 10.1. The van der Waals surface area contributed by atoms with Crippen molar-refractivity contribution in [2.24, 2.45) is 0 Å². The molecule has 0 radical (unpaired) electrons. The molecule has 1 aromatic rings. The molecular weight excluding hydrogens is 280 g/mol. The first kappa shape index (κ1) is 16.6. The van der Waals surface area contributed by atoms with Crippen LogP contribution in [0.1, 0.15) is 38.1 Å². The maximum absolute atomic E-state index is 12.5. The number of carbonyl (C=O) groups is 2. The fraction of sp³-hybridized carbons (Fsp3) is 0.529. The molecule has 0 saturated carbocycles. The lowest BCUT2D eigenvalue weighted by Gasteiger charge is -2.38. The first-order valence-corrected chi connectivity index (χ1v) is 7.68. The van der Waals surface area contributed by atoms with Gasteiger partial charge < -0.3 is 10.1 Å². The van der Waals surface area contributed by atoms with E-state index in [-0.39, 0.29) is 29.9 Å². The third kappa shape index (κ3) is 3.93. The van der Waals surface area contributed by atoms with Crippen molar-refractivity contribution in [2.45, 2.75) is 45.9 Å². The summed E-state index contributed by atoms with van der Waals surface area (Å²) in [4.78, 5) is 26.2. The van der Waals surface area contributed by atoms with Gasteiger partial charge in [0.1, 0.15) is 0 Å². The molecule has 1 N–H and O–H groups in total. The van der Waals surface area contributed by atoms with Gasteiger partial charge in [0.15, 0.2) is 5.78 Å². The number of rotatable bonds is 4. The zero-order valence-electron chi connectivity index (χ0n) is 13.6. The highest BCUT2D eigenvalue weighted by Crippen LogP contribution is 2.18. The second-order valence-corrected chi connectivity index (χ2v) is 5.98. The van der Waals surface area contributed by atoms with Crippen LogP contribution in [0.4, 0.5) is 5.69 Å². The van der Waals surface area contributed by atoms with Crippen LogP contribution in [0.25, 0.3) is 0 Å². The van der Waals surface area contributed by atoms with Crippen LogP contribution in [-0.2, 0) is 9.53 Å². The van der Waals surface area contributed by atoms with Crippen molar-refractivity contribution in [2.75, 3.05) is 18.4 Å². The van der Waals surface area contributed by atoms with Gasteiger partial charge in [-0.05, 0) is 39.8 Å². The van der Waals surface area contributed by atoms with Crippen molar-refractivity contribution in [3.8, 4) is 0 Å². The summed E-state index contributed by atoms with van der Waals surface area (Å²) in [5.41, 5.74) is 1.10. The van der Waals surface area contributed by atoms with E-state index in [1.54, 1.807) is 18.2 Å². The van der Waals surface area contributed by atoms with E-state index >= 15 is 0 Å². The number of benzene rings is 1. The van der Waals surface area contributed by atoms with Crippen molar-refractivity contribution >= 4 is 17.4 Å². The number of Topliss-reactive ketones (excluding diaryl/α,β-unsaturated/α-hetero) is 1. The Bertz CT molecular complexity index is 549. The van der Waals surface area contributed by atoms with Crippen molar-refractivity contribution in [3.05, 3.63) is 29.8 Å². The molecule has 3 atom stereocenters. The number of ether oxygens (including phenoxy) is 1. The Labute approximate surface area is 131 Å². The molecule has 22 heavy (non-hydrogen) atoms. The second-order valence-electron chi connectivity index (χ2n) is 5.98. The first-order chi connectivity index (χ1) is 10.4. The molecule has 1 saturated heterocycles. The van der Waals surface area contributed by atoms with Crippen molar-refractivity contribution < 1.29 is 14.3 Å². The van der Waals surface area contributed by atoms with Gasteiger partial charge in [-0.3, -0.25) is 14.5 Å². The predicted octanol–water partition coefficient (Wildman–Crippen LogP) is 2.33. The van der Waals surface area contributed by atoms with Gasteiger partial charge >= 0.3 is 0 Å². The van der Waals surface area contributed by atoms with Crippen LogP contribution in [0, 0.1) is 0 Å². The molecule has 1 fully saturated rings. The summed E-state index contributed by atoms with van der Waals surface area (Å²) in [5, 5.41) is 2.88. The normalized spacial score (nSPS) is 23.8. The monoisotopic (exact) mass is 304 g/mol. The van der Waals surface area contributed by atoms with Crippen LogP contribution in [0.2, 0.25) is 0 Å².